The topological polar surface area (TPSA) is 54.2 Å². The molecule has 2 aromatic rings. The highest BCUT2D eigenvalue weighted by Gasteiger charge is 2.14. The lowest BCUT2D eigenvalue weighted by Crippen LogP contribution is -2.10. The second-order valence-electron chi connectivity index (χ2n) is 4.34. The Labute approximate surface area is 99.4 Å². The average Bonchev–Trinajstić information content (AvgIpc) is 2.97. The van der Waals surface area contributed by atoms with E-state index >= 15 is 0 Å². The Balaban J connectivity index is 1.97. The van der Waals surface area contributed by atoms with Gasteiger partial charge in [0, 0.05) is 31.9 Å². The predicted molar refractivity (Wildman–Crippen MR) is 66.3 cm³/mol. The minimum Gasteiger partial charge on any atom is -0.384 e. The fourth-order valence-electron chi connectivity index (χ4n) is 1.95. The lowest BCUT2D eigenvalue weighted by atomic mass is 10.1. The Bertz CT molecular complexity index is 547. The van der Waals surface area contributed by atoms with Crippen LogP contribution in [0.2, 0.25) is 0 Å². The van der Waals surface area contributed by atoms with Crippen molar-refractivity contribution in [3.63, 3.8) is 0 Å². The van der Waals surface area contributed by atoms with Gasteiger partial charge < -0.3 is 14.7 Å². The maximum Gasteiger partial charge on any atom is 0.265 e. The molecule has 3 rings (SSSR count). The molecule has 0 saturated heterocycles. The van der Waals surface area contributed by atoms with Gasteiger partial charge in [0.25, 0.3) is 11.8 Å². The standard InChI is InChI=1S/C12H14N4O/c1-16(2)12-14-11(17-15-12)9-3-4-10-8(7-9)5-6-13-10/h3-4,7,13H,5-6H2,1-2H3. The van der Waals surface area contributed by atoms with Gasteiger partial charge in [-0.1, -0.05) is 0 Å². The van der Waals surface area contributed by atoms with Gasteiger partial charge in [0.05, 0.1) is 0 Å². The van der Waals surface area contributed by atoms with Crippen LogP contribution >= 0.6 is 0 Å². The van der Waals surface area contributed by atoms with Crippen LogP contribution in [0, 0.1) is 0 Å². The second-order valence-corrected chi connectivity index (χ2v) is 4.34. The molecule has 0 amide bonds. The van der Waals surface area contributed by atoms with Crippen LogP contribution in [0.5, 0.6) is 0 Å². The van der Waals surface area contributed by atoms with Crippen molar-refractivity contribution >= 4 is 11.6 Å². The summed E-state index contributed by atoms with van der Waals surface area (Å²) in [6.07, 6.45) is 1.05. The zero-order valence-corrected chi connectivity index (χ0v) is 9.90. The number of benzene rings is 1. The normalized spacial score (nSPS) is 13.3. The molecule has 0 bridgehead atoms. The highest BCUT2D eigenvalue weighted by atomic mass is 16.5. The third-order valence-corrected chi connectivity index (χ3v) is 2.88. The van der Waals surface area contributed by atoms with Crippen LogP contribution in [0.25, 0.3) is 11.5 Å². The molecule has 1 aromatic carbocycles. The first kappa shape index (κ1) is 10.1. The van der Waals surface area contributed by atoms with E-state index in [-0.39, 0.29) is 0 Å². The molecule has 0 aliphatic carbocycles. The van der Waals surface area contributed by atoms with Gasteiger partial charge in [-0.25, -0.2) is 0 Å². The van der Waals surface area contributed by atoms with Crippen LogP contribution in [0.4, 0.5) is 11.6 Å². The third kappa shape index (κ3) is 1.73. The summed E-state index contributed by atoms with van der Waals surface area (Å²) in [6.45, 7) is 1.01. The highest BCUT2D eigenvalue weighted by molar-refractivity contribution is 5.65. The number of nitrogens with one attached hydrogen (secondary N) is 1. The summed E-state index contributed by atoms with van der Waals surface area (Å²) in [7, 11) is 3.78. The third-order valence-electron chi connectivity index (χ3n) is 2.88. The zero-order valence-electron chi connectivity index (χ0n) is 9.90. The van der Waals surface area contributed by atoms with Gasteiger partial charge in [-0.2, -0.15) is 4.98 Å². The first-order valence-electron chi connectivity index (χ1n) is 5.62. The molecule has 5 heteroatoms. The first-order chi connectivity index (χ1) is 8.24. The minimum absolute atomic E-state index is 0.573. The summed E-state index contributed by atoms with van der Waals surface area (Å²) < 4.78 is 5.25. The lowest BCUT2D eigenvalue weighted by Gasteiger charge is -2.02. The van der Waals surface area contributed by atoms with Crippen LogP contribution in [0.1, 0.15) is 5.56 Å². The molecule has 0 saturated carbocycles. The van der Waals surface area contributed by atoms with Crippen molar-refractivity contribution in [3.8, 4) is 11.5 Å². The van der Waals surface area contributed by atoms with Crippen molar-refractivity contribution in [2.75, 3.05) is 30.9 Å². The molecule has 88 valence electrons. The molecule has 1 N–H and O–H groups in total. The maximum absolute atomic E-state index is 5.25. The van der Waals surface area contributed by atoms with Gasteiger partial charge in [0.1, 0.15) is 0 Å². The largest absolute Gasteiger partial charge is 0.384 e. The Morgan fingerprint density at radius 1 is 1.35 bits per heavy atom. The fraction of sp³-hybridized carbons (Fsp3) is 0.333. The van der Waals surface area contributed by atoms with Crippen LogP contribution < -0.4 is 10.2 Å². The molecule has 17 heavy (non-hydrogen) atoms. The maximum atomic E-state index is 5.25. The van der Waals surface area contributed by atoms with Crippen molar-refractivity contribution in [1.29, 1.82) is 0 Å². The molecular weight excluding hydrogens is 216 g/mol. The van der Waals surface area contributed by atoms with Gasteiger partial charge in [0.2, 0.25) is 0 Å². The Morgan fingerprint density at radius 3 is 3.00 bits per heavy atom. The molecule has 2 heterocycles. The molecule has 1 aliphatic rings. The Morgan fingerprint density at radius 2 is 2.24 bits per heavy atom. The van der Waals surface area contributed by atoms with Crippen LogP contribution in [-0.2, 0) is 6.42 Å². The summed E-state index contributed by atoms with van der Waals surface area (Å²) >= 11 is 0. The van der Waals surface area contributed by atoms with Crippen LogP contribution in [0.15, 0.2) is 22.7 Å². The van der Waals surface area contributed by atoms with Gasteiger partial charge in [-0.05, 0) is 35.3 Å². The van der Waals surface area contributed by atoms with Crippen LogP contribution in [-0.4, -0.2) is 30.8 Å². The molecule has 0 spiro atoms. The van der Waals surface area contributed by atoms with Crippen molar-refractivity contribution < 1.29 is 4.52 Å². The number of anilines is 2. The number of rotatable bonds is 2. The molecular formula is C12H14N4O. The number of hydrogen-bond acceptors (Lipinski definition) is 5. The van der Waals surface area contributed by atoms with E-state index < -0.39 is 0 Å². The van der Waals surface area contributed by atoms with E-state index in [4.69, 9.17) is 4.52 Å². The van der Waals surface area contributed by atoms with Crippen molar-refractivity contribution in [2.24, 2.45) is 0 Å². The minimum atomic E-state index is 0.573. The van der Waals surface area contributed by atoms with E-state index in [0.717, 1.165) is 18.5 Å². The van der Waals surface area contributed by atoms with Gasteiger partial charge in [0.15, 0.2) is 0 Å². The molecule has 5 nitrogen and oxygen atoms in total. The average molecular weight is 230 g/mol. The van der Waals surface area contributed by atoms with Crippen molar-refractivity contribution in [3.05, 3.63) is 23.8 Å². The summed E-state index contributed by atoms with van der Waals surface area (Å²) in [5, 5.41) is 7.24. The summed E-state index contributed by atoms with van der Waals surface area (Å²) in [6, 6.07) is 6.18. The molecule has 1 aliphatic heterocycles. The summed E-state index contributed by atoms with van der Waals surface area (Å²) in [4.78, 5) is 6.15. The monoisotopic (exact) mass is 230 g/mol. The number of nitrogens with zero attached hydrogens (tertiary/aromatic N) is 3. The van der Waals surface area contributed by atoms with E-state index in [2.05, 4.69) is 27.6 Å². The van der Waals surface area contributed by atoms with Gasteiger partial charge >= 0.3 is 0 Å². The SMILES string of the molecule is CN(C)c1noc(-c2ccc3c(c2)CCN3)n1. The zero-order chi connectivity index (χ0) is 11.8. The van der Waals surface area contributed by atoms with E-state index in [1.54, 1.807) is 0 Å². The molecule has 0 unspecified atom stereocenters. The number of hydrogen-bond donors (Lipinski definition) is 1. The smallest absolute Gasteiger partial charge is 0.265 e. The first-order valence-corrected chi connectivity index (χ1v) is 5.62. The van der Waals surface area contributed by atoms with Gasteiger partial charge in [-0.15, -0.1) is 0 Å². The van der Waals surface area contributed by atoms with E-state index in [1.807, 2.05) is 25.1 Å². The fourth-order valence-corrected chi connectivity index (χ4v) is 1.95. The van der Waals surface area contributed by atoms with E-state index in [1.165, 1.54) is 11.3 Å². The molecule has 0 fully saturated rings. The molecule has 0 radical (unpaired) electrons. The van der Waals surface area contributed by atoms with Gasteiger partial charge in [-0.3, -0.25) is 0 Å². The van der Waals surface area contributed by atoms with Crippen molar-refractivity contribution in [2.45, 2.75) is 6.42 Å². The highest BCUT2D eigenvalue weighted by Crippen LogP contribution is 2.28. The lowest BCUT2D eigenvalue weighted by molar-refractivity contribution is 0.431. The predicted octanol–water partition coefficient (Wildman–Crippen LogP) is 1.77. The molecule has 1 aromatic heterocycles. The Kier molecular flexibility index (Phi) is 2.24. The summed E-state index contributed by atoms with van der Waals surface area (Å²) in [5.41, 5.74) is 3.50. The second kappa shape index (κ2) is 3.76. The quantitative estimate of drug-likeness (QED) is 0.852. The van der Waals surface area contributed by atoms with E-state index in [0.29, 0.717) is 11.8 Å². The van der Waals surface area contributed by atoms with Crippen LogP contribution in [0.3, 0.4) is 0 Å². The Hall–Kier alpha value is -2.04. The van der Waals surface area contributed by atoms with Crippen molar-refractivity contribution in [1.82, 2.24) is 10.1 Å². The van der Waals surface area contributed by atoms with E-state index in [9.17, 15) is 0 Å². The molecule has 0 atom stereocenters. The number of aromatic nitrogens is 2. The summed E-state index contributed by atoms with van der Waals surface area (Å²) in [5.74, 6) is 1.17. The number of fused-ring (bicyclic) bond motifs is 1.